The first-order chi connectivity index (χ1) is 33.1. The highest BCUT2D eigenvalue weighted by Gasteiger charge is 2.33. The van der Waals surface area contributed by atoms with E-state index in [2.05, 4.69) is 96.0 Å². The zero-order valence-corrected chi connectivity index (χ0v) is 44.7. The van der Waals surface area contributed by atoms with Crippen molar-refractivity contribution >= 4 is 161 Å². The number of thiophene rings is 2. The minimum Gasteiger partial charge on any atom is -0.271 e. The molecule has 352 valence electrons. The van der Waals surface area contributed by atoms with Gasteiger partial charge >= 0.3 is 0 Å². The van der Waals surface area contributed by atoms with Crippen molar-refractivity contribution in [2.24, 2.45) is 0 Å². The number of halogens is 2. The molecule has 7 aromatic carbocycles. The zero-order valence-electron chi connectivity index (χ0n) is 39.9. The molecule has 4 aromatic heterocycles. The van der Waals surface area contributed by atoms with Gasteiger partial charge in [0.05, 0.1) is 7.57 Å². The van der Waals surface area contributed by atoms with Gasteiger partial charge in [0.1, 0.15) is 0 Å². The van der Waals surface area contributed by atoms with Crippen molar-refractivity contribution in [1.29, 1.82) is 0 Å². The average Bonchev–Trinajstić information content (AvgIpc) is 3.94. The summed E-state index contributed by atoms with van der Waals surface area (Å²) in [5.41, 5.74) is -0.759. The van der Waals surface area contributed by atoms with Crippen LogP contribution >= 0.6 is 54.5 Å². The molecule has 11 rings (SSSR count). The first kappa shape index (κ1) is 46.4. The van der Waals surface area contributed by atoms with Gasteiger partial charge in [-0.2, -0.15) is 0 Å². The summed E-state index contributed by atoms with van der Waals surface area (Å²) in [5.74, 6) is 0. The van der Waals surface area contributed by atoms with E-state index in [1.807, 2.05) is 0 Å². The van der Waals surface area contributed by atoms with Crippen molar-refractivity contribution in [3.8, 4) is 0 Å². The summed E-state index contributed by atoms with van der Waals surface area (Å²) in [6.45, 7) is 8.87. The van der Waals surface area contributed by atoms with Crippen LogP contribution in [0.1, 0.15) is 168 Å². The highest BCUT2D eigenvalue weighted by Crippen LogP contribution is 2.57. The Morgan fingerprint density at radius 1 is 0.353 bits per heavy atom. The highest BCUT2D eigenvalue weighted by atomic mass is 79.9. The monoisotopic (exact) mass is 1070 g/mol. The Hall–Kier alpha value is -3.96. The SMILES string of the molecule is CCCCCCC(CCCCCC)n1c(=O)c2cc3c4cc(Br)sc4c4cc5c(=O)n(C(CCCCCC)CCCCCC)c(=O)c6cc7c8cc(Br)sc8c8cc(c1=O)c2c1c3c4c(c65)c7c81. The average molecular weight is 1070 g/mol. The number of aromatic nitrogens is 2. The van der Waals surface area contributed by atoms with Crippen molar-refractivity contribution in [2.75, 3.05) is 0 Å². The van der Waals surface area contributed by atoms with E-state index < -0.39 is 0 Å². The molecule has 0 spiro atoms. The molecule has 0 aliphatic rings. The van der Waals surface area contributed by atoms with Crippen LogP contribution in [0.4, 0.5) is 0 Å². The number of pyridine rings is 2. The number of unbranched alkanes of at least 4 members (excludes halogenated alkanes) is 12. The summed E-state index contributed by atoms with van der Waals surface area (Å²) in [7, 11) is 0. The maximum atomic E-state index is 15.5. The fraction of sp³-hybridized carbons (Fsp3) is 0.448. The first-order valence-corrected chi connectivity index (χ1v) is 29.1. The zero-order chi connectivity index (χ0) is 47.1. The lowest BCUT2D eigenvalue weighted by Gasteiger charge is -2.26. The Morgan fingerprint density at radius 3 is 0.956 bits per heavy atom. The van der Waals surface area contributed by atoms with Gasteiger partial charge in [-0.25, -0.2) is 0 Å². The fourth-order valence-electron chi connectivity index (χ4n) is 12.7. The standard InChI is InChI=1S/C58H60Br2N2O4S2/c1-5-9-13-17-21-31(22-18-14-10-6-2)61-55(63)39-25-33-35-29-43(59)68-54(35)38-28-42-46-40(56(64)62(58(42)66)32(23-19-15-11-7-3)24-20-16-12-8-4)26-34-36-30-44(60)67-53(36)37-27-41(57(61)65)45(39)51-47(33)50(38)52(46)48(34)49(37)51/h25-32H,5-24H2,1-4H3. The van der Waals surface area contributed by atoms with Gasteiger partial charge in [-0.3, -0.25) is 28.3 Å². The Morgan fingerprint density at radius 2 is 0.647 bits per heavy atom. The van der Waals surface area contributed by atoms with Crippen LogP contribution in [0.3, 0.4) is 0 Å². The molecule has 11 aromatic rings. The minimum absolute atomic E-state index is 0.179. The topological polar surface area (TPSA) is 78.1 Å². The van der Waals surface area contributed by atoms with Gasteiger partial charge < -0.3 is 0 Å². The molecule has 0 aliphatic heterocycles. The summed E-state index contributed by atoms with van der Waals surface area (Å²) in [6.07, 6.45) is 20.6. The Bertz CT molecular complexity index is 3420. The molecule has 0 aliphatic carbocycles. The number of benzene rings is 7. The predicted molar refractivity (Wildman–Crippen MR) is 303 cm³/mol. The largest absolute Gasteiger partial charge is 0.271 e. The third kappa shape index (κ3) is 7.13. The number of fused-ring (bicyclic) bond motifs is 6. The van der Waals surface area contributed by atoms with Gasteiger partial charge in [0.15, 0.2) is 0 Å². The minimum atomic E-state index is -0.190. The van der Waals surface area contributed by atoms with Crippen LogP contribution in [0.5, 0.6) is 0 Å². The third-order valence-electron chi connectivity index (χ3n) is 15.9. The lowest BCUT2D eigenvalue weighted by Crippen LogP contribution is -2.37. The van der Waals surface area contributed by atoms with Crippen molar-refractivity contribution < 1.29 is 0 Å². The van der Waals surface area contributed by atoms with E-state index in [1.165, 1.54) is 0 Å². The van der Waals surface area contributed by atoms with E-state index in [4.69, 9.17) is 0 Å². The molecule has 10 heteroatoms. The molecule has 0 N–H and O–H groups in total. The fourth-order valence-corrected chi connectivity index (χ4v) is 16.0. The maximum absolute atomic E-state index is 15.5. The second-order valence-electron chi connectivity index (χ2n) is 20.1. The van der Waals surface area contributed by atoms with Crippen molar-refractivity contribution in [3.05, 3.63) is 85.4 Å². The van der Waals surface area contributed by atoms with E-state index in [1.54, 1.807) is 31.8 Å². The molecule has 0 unspecified atom stereocenters. The van der Waals surface area contributed by atoms with E-state index in [9.17, 15) is 0 Å². The van der Waals surface area contributed by atoms with Gasteiger partial charge in [-0.1, -0.05) is 130 Å². The molecule has 0 saturated carbocycles. The van der Waals surface area contributed by atoms with Crippen molar-refractivity contribution in [2.45, 2.75) is 168 Å². The number of nitrogens with zero attached hydrogens (tertiary/aromatic N) is 2. The van der Waals surface area contributed by atoms with Gasteiger partial charge in [0, 0.05) is 96.9 Å². The molecule has 0 amide bonds. The summed E-state index contributed by atoms with van der Waals surface area (Å²) < 4.78 is 7.36. The molecule has 0 radical (unpaired) electrons. The van der Waals surface area contributed by atoms with Gasteiger partial charge in [0.2, 0.25) is 0 Å². The molecule has 0 fully saturated rings. The predicted octanol–water partition coefficient (Wildman–Crippen LogP) is 18.1. The van der Waals surface area contributed by atoms with Crippen LogP contribution in [0.2, 0.25) is 0 Å². The normalized spacial score (nSPS) is 13.1. The molecular weight excluding hydrogens is 1010 g/mol. The van der Waals surface area contributed by atoms with Gasteiger partial charge in [0.25, 0.3) is 22.2 Å². The molecular formula is C58H60Br2N2O4S2. The molecule has 0 atom stereocenters. The second kappa shape index (κ2) is 18.7. The number of hydrogen-bond donors (Lipinski definition) is 0. The van der Waals surface area contributed by atoms with Gasteiger partial charge in [-0.05, 0) is 115 Å². The Labute approximate surface area is 420 Å². The quantitative estimate of drug-likeness (QED) is 0.0385. The summed E-state index contributed by atoms with van der Waals surface area (Å²) in [5, 5.41) is 15.8. The molecule has 0 saturated heterocycles. The first-order valence-electron chi connectivity index (χ1n) is 25.8. The molecule has 68 heavy (non-hydrogen) atoms. The summed E-state index contributed by atoms with van der Waals surface area (Å²) in [4.78, 5) is 61.9. The maximum Gasteiger partial charge on any atom is 0.261 e. The van der Waals surface area contributed by atoms with Crippen LogP contribution in [-0.2, 0) is 0 Å². The third-order valence-corrected chi connectivity index (χ3v) is 19.2. The Kier molecular flexibility index (Phi) is 12.7. The van der Waals surface area contributed by atoms with Crippen LogP contribution < -0.4 is 22.2 Å². The summed E-state index contributed by atoms with van der Waals surface area (Å²) in [6, 6.07) is 12.4. The van der Waals surface area contributed by atoms with Gasteiger partial charge in [-0.15, -0.1) is 22.7 Å². The van der Waals surface area contributed by atoms with E-state index >= 15 is 19.2 Å². The molecule has 6 nitrogen and oxygen atoms in total. The van der Waals surface area contributed by atoms with E-state index in [0.29, 0.717) is 21.5 Å². The number of hydrogen-bond acceptors (Lipinski definition) is 6. The lowest BCUT2D eigenvalue weighted by atomic mass is 9.79. The highest BCUT2D eigenvalue weighted by molar-refractivity contribution is 9.11. The van der Waals surface area contributed by atoms with E-state index in [0.717, 1.165) is 221 Å². The van der Waals surface area contributed by atoms with Crippen LogP contribution in [0.15, 0.2) is 63.1 Å². The second-order valence-corrected chi connectivity index (χ2v) is 25.0. The summed E-state index contributed by atoms with van der Waals surface area (Å²) >= 11 is 11.1. The molecule has 0 bridgehead atoms. The van der Waals surface area contributed by atoms with Crippen LogP contribution in [0.25, 0.3) is 106 Å². The van der Waals surface area contributed by atoms with Crippen molar-refractivity contribution in [3.63, 3.8) is 0 Å². The lowest BCUT2D eigenvalue weighted by molar-refractivity contribution is 0.384. The van der Waals surface area contributed by atoms with E-state index in [-0.39, 0.29) is 34.3 Å². The van der Waals surface area contributed by atoms with Crippen LogP contribution in [0, 0.1) is 0 Å². The Balaban J connectivity index is 1.30. The molecule has 4 heterocycles. The van der Waals surface area contributed by atoms with Crippen LogP contribution in [-0.4, -0.2) is 9.13 Å². The smallest absolute Gasteiger partial charge is 0.261 e. The number of rotatable bonds is 22. The van der Waals surface area contributed by atoms with Crippen molar-refractivity contribution in [1.82, 2.24) is 9.13 Å².